The third-order valence-corrected chi connectivity index (χ3v) is 3.14. The fourth-order valence-electron chi connectivity index (χ4n) is 0.670. The highest BCUT2D eigenvalue weighted by Gasteiger charge is 2.35. The van der Waals surface area contributed by atoms with E-state index in [0.717, 1.165) is 0 Å². The summed E-state index contributed by atoms with van der Waals surface area (Å²) in [5.74, 6) is -0.658. The molecule has 0 spiro atoms. The van der Waals surface area contributed by atoms with Crippen molar-refractivity contribution in [1.29, 1.82) is 0 Å². The number of amides is 1. The molecular weight excluding hydrogens is 180 g/mol. The van der Waals surface area contributed by atoms with Crippen molar-refractivity contribution in [1.82, 2.24) is 9.79 Å². The topological polar surface area (TPSA) is 69.6 Å². The van der Waals surface area contributed by atoms with Gasteiger partial charge in [0.05, 0.1) is 0 Å². The van der Waals surface area contributed by atoms with E-state index in [1.807, 2.05) is 0 Å². The van der Waals surface area contributed by atoms with Crippen molar-refractivity contribution < 1.29 is 14.2 Å². The average Bonchev–Trinajstić information content (AvgIpc) is 2.01. The fourth-order valence-corrected chi connectivity index (χ4v) is 1.79. The number of rotatable bonds is 3. The fraction of sp³-hybridized carbons (Fsp3) is 0.833. The Labute approximate surface area is 74.3 Å². The minimum atomic E-state index is -1.45. The summed E-state index contributed by atoms with van der Waals surface area (Å²) < 4.78 is 11.7. The zero-order valence-electron chi connectivity index (χ0n) is 7.62. The lowest BCUT2D eigenvalue weighted by Crippen LogP contribution is -2.47. The third-order valence-electron chi connectivity index (χ3n) is 1.42. The molecule has 0 rings (SSSR count). The summed E-state index contributed by atoms with van der Waals surface area (Å²) in [6.07, 6.45) is 0. The Hall–Kier alpha value is -0.460. The highest BCUT2D eigenvalue weighted by Crippen LogP contribution is 2.14. The molecule has 0 aliphatic carbocycles. The minimum absolute atomic E-state index is 0.658. The molecule has 0 aliphatic rings. The van der Waals surface area contributed by atoms with Crippen LogP contribution in [-0.4, -0.2) is 38.5 Å². The minimum Gasteiger partial charge on any atom is -0.289 e. The van der Waals surface area contributed by atoms with Gasteiger partial charge in [0.2, 0.25) is 0 Å². The molecule has 2 N–H and O–H groups in total. The smallest absolute Gasteiger partial charge is 0.263 e. The molecule has 0 heterocycles. The van der Waals surface area contributed by atoms with Gasteiger partial charge in [-0.2, -0.15) is 0 Å². The van der Waals surface area contributed by atoms with E-state index in [0.29, 0.717) is 0 Å². The molecule has 0 radical (unpaired) electrons. The maximum absolute atomic E-state index is 11.4. The summed E-state index contributed by atoms with van der Waals surface area (Å²) >= 11 is 0. The first-order valence-corrected chi connectivity index (χ1v) is 4.48. The summed E-state index contributed by atoms with van der Waals surface area (Å²) in [5.41, 5.74) is 1.48. The lowest BCUT2D eigenvalue weighted by Gasteiger charge is -2.24. The van der Waals surface area contributed by atoms with Gasteiger partial charge in [-0.1, -0.05) is 0 Å². The molecule has 0 fully saturated rings. The summed E-state index contributed by atoms with van der Waals surface area (Å²) in [5, 5.41) is 8.35. The number of nitrogens with one attached hydrogen (secondary N) is 1. The van der Waals surface area contributed by atoms with Crippen LogP contribution in [0.15, 0.2) is 0 Å². The largest absolute Gasteiger partial charge is 0.289 e. The van der Waals surface area contributed by atoms with Crippen LogP contribution in [0.2, 0.25) is 0 Å². The highest BCUT2D eigenvalue weighted by molar-refractivity contribution is 7.84. The lowest BCUT2D eigenvalue weighted by atomic mass is 10.2. The molecule has 0 aromatic rings. The molecule has 1 amide bonds. The third kappa shape index (κ3) is 2.26. The van der Waals surface area contributed by atoms with Crippen LogP contribution >= 0.6 is 0 Å². The van der Waals surface area contributed by atoms with E-state index < -0.39 is 21.6 Å². The average molecular weight is 194 g/mol. The maximum atomic E-state index is 11.4. The standard InChI is InChI=1S/C6H14N2O3S/c1-6(2,5(9)7-10)12(11)8(3)4/h10H,1-4H3,(H,7,9). The predicted octanol–water partition coefficient (Wildman–Crippen LogP) is -0.504. The van der Waals surface area contributed by atoms with Gasteiger partial charge in [0.25, 0.3) is 5.91 Å². The Morgan fingerprint density at radius 2 is 1.92 bits per heavy atom. The van der Waals surface area contributed by atoms with E-state index in [1.54, 1.807) is 14.1 Å². The predicted molar refractivity (Wildman–Crippen MR) is 45.8 cm³/mol. The maximum Gasteiger partial charge on any atom is 0.263 e. The summed E-state index contributed by atoms with van der Waals surface area (Å²) in [6, 6.07) is 0. The second-order valence-electron chi connectivity index (χ2n) is 3.01. The van der Waals surface area contributed by atoms with Crippen LogP contribution in [0.25, 0.3) is 0 Å². The van der Waals surface area contributed by atoms with E-state index in [-0.39, 0.29) is 0 Å². The molecule has 72 valence electrons. The van der Waals surface area contributed by atoms with Gasteiger partial charge in [-0.25, -0.2) is 14.0 Å². The van der Waals surface area contributed by atoms with Crippen LogP contribution in [0.4, 0.5) is 0 Å². The zero-order chi connectivity index (χ0) is 9.94. The van der Waals surface area contributed by atoms with Gasteiger partial charge in [-0.3, -0.25) is 10.0 Å². The summed E-state index contributed by atoms with van der Waals surface area (Å²) in [7, 11) is 1.75. The number of hydroxylamine groups is 1. The lowest BCUT2D eigenvalue weighted by molar-refractivity contribution is -0.131. The van der Waals surface area contributed by atoms with Crippen LogP contribution in [0.5, 0.6) is 0 Å². The van der Waals surface area contributed by atoms with Crippen LogP contribution in [0, 0.1) is 0 Å². The van der Waals surface area contributed by atoms with Crippen molar-refractivity contribution in [2.45, 2.75) is 18.6 Å². The number of hydrogen-bond acceptors (Lipinski definition) is 3. The Kier molecular flexibility index (Phi) is 3.82. The van der Waals surface area contributed by atoms with Crippen molar-refractivity contribution >= 4 is 16.9 Å². The highest BCUT2D eigenvalue weighted by atomic mass is 32.2. The van der Waals surface area contributed by atoms with Crippen LogP contribution in [-0.2, 0) is 15.8 Å². The van der Waals surface area contributed by atoms with E-state index in [1.165, 1.54) is 23.6 Å². The van der Waals surface area contributed by atoms with Crippen molar-refractivity contribution in [2.24, 2.45) is 0 Å². The van der Waals surface area contributed by atoms with Crippen LogP contribution in [0.3, 0.4) is 0 Å². The first kappa shape index (κ1) is 11.5. The van der Waals surface area contributed by atoms with Crippen LogP contribution in [0.1, 0.15) is 13.8 Å². The molecule has 1 unspecified atom stereocenters. The molecule has 0 saturated carbocycles. The normalized spacial score (nSPS) is 14.5. The molecule has 0 aliphatic heterocycles. The zero-order valence-corrected chi connectivity index (χ0v) is 8.44. The molecule has 0 aromatic heterocycles. The summed E-state index contributed by atoms with van der Waals surface area (Å²) in [4.78, 5) is 11.0. The van der Waals surface area contributed by atoms with E-state index in [9.17, 15) is 9.00 Å². The Morgan fingerprint density at radius 3 is 2.17 bits per heavy atom. The molecule has 6 heteroatoms. The second-order valence-corrected chi connectivity index (χ2v) is 5.26. The Bertz CT molecular complexity index is 203. The van der Waals surface area contributed by atoms with E-state index in [4.69, 9.17) is 5.21 Å². The van der Waals surface area contributed by atoms with Gasteiger partial charge in [-0.05, 0) is 27.9 Å². The molecule has 1 atom stereocenters. The number of carbonyl (C=O) groups is 1. The number of carbonyl (C=O) groups excluding carboxylic acids is 1. The Morgan fingerprint density at radius 1 is 1.50 bits per heavy atom. The van der Waals surface area contributed by atoms with Gasteiger partial charge in [0, 0.05) is 0 Å². The second kappa shape index (κ2) is 3.97. The molecule has 0 saturated heterocycles. The van der Waals surface area contributed by atoms with Gasteiger partial charge in [0.15, 0.2) is 0 Å². The molecule has 0 aromatic carbocycles. The molecular formula is C6H14N2O3S. The van der Waals surface area contributed by atoms with Crippen molar-refractivity contribution in [2.75, 3.05) is 14.1 Å². The monoisotopic (exact) mass is 194 g/mol. The number of nitrogens with zero attached hydrogens (tertiary/aromatic N) is 1. The SMILES string of the molecule is CN(C)S(=O)C(C)(C)C(=O)NO. The van der Waals surface area contributed by atoms with Gasteiger partial charge in [0.1, 0.15) is 15.7 Å². The van der Waals surface area contributed by atoms with Crippen molar-refractivity contribution in [3.8, 4) is 0 Å². The van der Waals surface area contributed by atoms with Crippen molar-refractivity contribution in [3.05, 3.63) is 0 Å². The van der Waals surface area contributed by atoms with Crippen molar-refractivity contribution in [3.63, 3.8) is 0 Å². The molecule has 0 bridgehead atoms. The Balaban J connectivity index is 4.61. The first-order chi connectivity index (χ1) is 5.34. The van der Waals surface area contributed by atoms with Gasteiger partial charge in [-0.15, -0.1) is 0 Å². The summed E-state index contributed by atoms with van der Waals surface area (Å²) in [6.45, 7) is 2.99. The first-order valence-electron chi connectivity index (χ1n) is 3.38. The quantitative estimate of drug-likeness (QED) is 0.470. The van der Waals surface area contributed by atoms with Gasteiger partial charge < -0.3 is 0 Å². The van der Waals surface area contributed by atoms with E-state index >= 15 is 0 Å². The molecule has 5 nitrogen and oxygen atoms in total. The van der Waals surface area contributed by atoms with E-state index in [2.05, 4.69) is 0 Å². The number of hydrogen-bond donors (Lipinski definition) is 2. The molecule has 12 heavy (non-hydrogen) atoms. The van der Waals surface area contributed by atoms with Gasteiger partial charge >= 0.3 is 0 Å². The van der Waals surface area contributed by atoms with Crippen LogP contribution < -0.4 is 5.48 Å².